The van der Waals surface area contributed by atoms with Crippen molar-refractivity contribution in [3.05, 3.63) is 83.4 Å². The number of hydrogen-bond donors (Lipinski definition) is 1. The van der Waals surface area contributed by atoms with Crippen LogP contribution in [0.25, 0.3) is 0 Å². The molecule has 0 fully saturated rings. The van der Waals surface area contributed by atoms with Crippen molar-refractivity contribution in [2.24, 2.45) is 0 Å². The van der Waals surface area contributed by atoms with Crippen LogP contribution in [-0.4, -0.2) is 27.1 Å². The number of hydrogen-bond acceptors (Lipinski definition) is 4. The van der Waals surface area contributed by atoms with E-state index in [0.29, 0.717) is 11.4 Å². The molecule has 0 aliphatic heterocycles. The Kier molecular flexibility index (Phi) is 7.08. The van der Waals surface area contributed by atoms with Crippen LogP contribution in [0.2, 0.25) is 0 Å². The van der Waals surface area contributed by atoms with E-state index in [1.165, 1.54) is 16.1 Å². The molecule has 3 aromatic carbocycles. The molecule has 1 N–H and O–H groups in total. The summed E-state index contributed by atoms with van der Waals surface area (Å²) in [5.74, 6) is -0.406. The Morgan fingerprint density at radius 3 is 2.13 bits per heavy atom. The van der Waals surface area contributed by atoms with Crippen molar-refractivity contribution in [2.75, 3.05) is 22.4 Å². The predicted molar refractivity (Wildman–Crippen MR) is 128 cm³/mol. The first-order chi connectivity index (χ1) is 14.7. The van der Waals surface area contributed by atoms with Crippen molar-refractivity contribution in [3.8, 4) is 0 Å². The predicted octanol–water partition coefficient (Wildman–Crippen LogP) is 5.17. The molecule has 0 saturated carbocycles. The molecule has 0 heterocycles. The van der Waals surface area contributed by atoms with Crippen molar-refractivity contribution >= 4 is 39.1 Å². The molecule has 0 aliphatic rings. The van der Waals surface area contributed by atoms with Gasteiger partial charge in [0, 0.05) is 4.90 Å². The van der Waals surface area contributed by atoms with E-state index in [9.17, 15) is 13.2 Å². The van der Waals surface area contributed by atoms with Gasteiger partial charge in [0.1, 0.15) is 6.54 Å². The molecule has 0 spiro atoms. The van der Waals surface area contributed by atoms with Gasteiger partial charge in [0.25, 0.3) is 10.0 Å². The van der Waals surface area contributed by atoms with Gasteiger partial charge in [-0.25, -0.2) is 8.42 Å². The van der Waals surface area contributed by atoms with Gasteiger partial charge in [-0.1, -0.05) is 35.9 Å². The highest BCUT2D eigenvalue weighted by atomic mass is 32.2. The molecule has 0 unspecified atom stereocenters. The number of nitrogens with one attached hydrogen (secondary N) is 1. The Labute approximate surface area is 188 Å². The van der Waals surface area contributed by atoms with E-state index < -0.39 is 15.9 Å². The van der Waals surface area contributed by atoms with Crippen molar-refractivity contribution in [2.45, 2.75) is 30.6 Å². The third-order valence-electron chi connectivity index (χ3n) is 4.77. The molecule has 7 heteroatoms. The zero-order chi connectivity index (χ0) is 22.6. The summed E-state index contributed by atoms with van der Waals surface area (Å²) in [4.78, 5) is 14.0. The van der Waals surface area contributed by atoms with Crippen LogP contribution < -0.4 is 9.62 Å². The molecule has 3 rings (SSSR count). The van der Waals surface area contributed by atoms with E-state index in [-0.39, 0.29) is 11.4 Å². The Morgan fingerprint density at radius 2 is 1.52 bits per heavy atom. The Bertz CT molecular complexity index is 1170. The SMILES string of the molecule is CSc1ccccc1NC(=O)CN(c1cc(C)cc(C)c1)S(=O)(=O)c1ccc(C)cc1. The van der Waals surface area contributed by atoms with Gasteiger partial charge in [-0.05, 0) is 74.6 Å². The standard InChI is InChI=1S/C24H26N2O3S2/c1-17-9-11-21(12-10-17)31(28,29)26(20-14-18(2)13-19(3)15-20)16-24(27)25-22-7-5-6-8-23(22)30-4/h5-15H,16H2,1-4H3,(H,25,27). The lowest BCUT2D eigenvalue weighted by Crippen LogP contribution is -2.38. The summed E-state index contributed by atoms with van der Waals surface area (Å²) in [5.41, 5.74) is 3.93. The lowest BCUT2D eigenvalue weighted by atomic mass is 10.1. The first-order valence-corrected chi connectivity index (χ1v) is 12.5. The van der Waals surface area contributed by atoms with Crippen molar-refractivity contribution < 1.29 is 13.2 Å². The molecule has 1 amide bonds. The summed E-state index contributed by atoms with van der Waals surface area (Å²) in [6, 6.07) is 19.6. The van der Waals surface area contributed by atoms with Gasteiger partial charge in [-0.3, -0.25) is 9.10 Å². The highest BCUT2D eigenvalue weighted by molar-refractivity contribution is 7.98. The van der Waals surface area contributed by atoms with Crippen LogP contribution in [0, 0.1) is 20.8 Å². The number of sulfonamides is 1. The van der Waals surface area contributed by atoms with Gasteiger partial charge in [0.2, 0.25) is 5.91 Å². The van der Waals surface area contributed by atoms with Gasteiger partial charge in [-0.2, -0.15) is 0 Å². The fourth-order valence-corrected chi connectivity index (χ4v) is 5.27. The maximum absolute atomic E-state index is 13.5. The lowest BCUT2D eigenvalue weighted by Gasteiger charge is -2.25. The summed E-state index contributed by atoms with van der Waals surface area (Å²) in [5, 5.41) is 2.86. The number of benzene rings is 3. The monoisotopic (exact) mass is 454 g/mol. The van der Waals surface area contributed by atoms with Crippen LogP contribution in [-0.2, 0) is 14.8 Å². The number of thioether (sulfide) groups is 1. The molecular formula is C24H26N2O3S2. The van der Waals surface area contributed by atoms with Gasteiger partial charge in [0.15, 0.2) is 0 Å². The number of rotatable bonds is 7. The smallest absolute Gasteiger partial charge is 0.264 e. The molecule has 0 aromatic heterocycles. The number of carbonyl (C=O) groups excluding carboxylic acids is 1. The first-order valence-electron chi connectivity index (χ1n) is 9.81. The summed E-state index contributed by atoms with van der Waals surface area (Å²) >= 11 is 1.51. The topological polar surface area (TPSA) is 66.5 Å². The molecule has 0 aliphatic carbocycles. The molecule has 0 bridgehead atoms. The fourth-order valence-electron chi connectivity index (χ4n) is 3.32. The maximum atomic E-state index is 13.5. The minimum atomic E-state index is -3.94. The second kappa shape index (κ2) is 9.58. The van der Waals surface area contributed by atoms with Gasteiger partial charge in [-0.15, -0.1) is 11.8 Å². The Hall–Kier alpha value is -2.77. The van der Waals surface area contributed by atoms with E-state index in [1.807, 2.05) is 51.3 Å². The Morgan fingerprint density at radius 1 is 0.903 bits per heavy atom. The number of anilines is 2. The minimum Gasteiger partial charge on any atom is -0.323 e. The highest BCUT2D eigenvalue weighted by Gasteiger charge is 2.27. The summed E-state index contributed by atoms with van der Waals surface area (Å²) < 4.78 is 28.2. The largest absolute Gasteiger partial charge is 0.323 e. The van der Waals surface area contributed by atoms with Crippen LogP contribution in [0.5, 0.6) is 0 Å². The third-order valence-corrected chi connectivity index (χ3v) is 7.36. The molecule has 0 atom stereocenters. The average molecular weight is 455 g/mol. The van der Waals surface area contributed by atoms with E-state index in [2.05, 4.69) is 5.32 Å². The minimum absolute atomic E-state index is 0.148. The summed E-state index contributed by atoms with van der Waals surface area (Å²) in [6.07, 6.45) is 1.93. The average Bonchev–Trinajstić information content (AvgIpc) is 2.72. The van der Waals surface area contributed by atoms with Crippen molar-refractivity contribution in [3.63, 3.8) is 0 Å². The maximum Gasteiger partial charge on any atom is 0.264 e. The number of amides is 1. The Balaban J connectivity index is 1.99. The van der Waals surface area contributed by atoms with Crippen LogP contribution >= 0.6 is 11.8 Å². The van der Waals surface area contributed by atoms with E-state index in [0.717, 1.165) is 21.6 Å². The molecule has 31 heavy (non-hydrogen) atoms. The summed E-state index contributed by atoms with van der Waals surface area (Å²) in [6.45, 7) is 5.38. The van der Waals surface area contributed by atoms with Crippen LogP contribution in [0.15, 0.2) is 76.5 Å². The van der Waals surface area contributed by atoms with Crippen LogP contribution in [0.4, 0.5) is 11.4 Å². The van der Waals surface area contributed by atoms with E-state index in [1.54, 1.807) is 42.5 Å². The quantitative estimate of drug-likeness (QED) is 0.500. The third kappa shape index (κ3) is 5.48. The normalized spacial score (nSPS) is 11.2. The zero-order valence-corrected chi connectivity index (χ0v) is 19.7. The van der Waals surface area contributed by atoms with Crippen LogP contribution in [0.1, 0.15) is 16.7 Å². The number of carbonyl (C=O) groups is 1. The fraction of sp³-hybridized carbons (Fsp3) is 0.208. The number of para-hydroxylation sites is 1. The van der Waals surface area contributed by atoms with E-state index in [4.69, 9.17) is 0 Å². The molecule has 0 radical (unpaired) electrons. The molecule has 0 saturated heterocycles. The number of aryl methyl sites for hydroxylation is 3. The zero-order valence-electron chi connectivity index (χ0n) is 18.0. The van der Waals surface area contributed by atoms with Gasteiger partial charge < -0.3 is 5.32 Å². The molecular weight excluding hydrogens is 428 g/mol. The second-order valence-electron chi connectivity index (χ2n) is 7.42. The number of nitrogens with zero attached hydrogens (tertiary/aromatic N) is 1. The van der Waals surface area contributed by atoms with Gasteiger partial charge >= 0.3 is 0 Å². The lowest BCUT2D eigenvalue weighted by molar-refractivity contribution is -0.114. The van der Waals surface area contributed by atoms with Crippen molar-refractivity contribution in [1.82, 2.24) is 0 Å². The summed E-state index contributed by atoms with van der Waals surface area (Å²) in [7, 11) is -3.94. The molecule has 3 aromatic rings. The van der Waals surface area contributed by atoms with Crippen molar-refractivity contribution in [1.29, 1.82) is 0 Å². The van der Waals surface area contributed by atoms with Crippen LogP contribution in [0.3, 0.4) is 0 Å². The molecule has 162 valence electrons. The van der Waals surface area contributed by atoms with E-state index >= 15 is 0 Å². The second-order valence-corrected chi connectivity index (χ2v) is 10.1. The first kappa shape index (κ1) is 22.9. The van der Waals surface area contributed by atoms with Gasteiger partial charge in [0.05, 0.1) is 16.3 Å². The molecule has 5 nitrogen and oxygen atoms in total. The highest BCUT2D eigenvalue weighted by Crippen LogP contribution is 2.28.